The van der Waals surface area contributed by atoms with Crippen LogP contribution in [0, 0.1) is 12.7 Å². The Bertz CT molecular complexity index is 1700. The number of carbonyl (C=O) groups is 1. The standard InChI is InChI=1S/C31H32F4N8O2/c1-20-3-4-21(14-27(20)43-19-26(38-39-43)22-13-24(18-36-17-22)41-9-11-45-12-10-41)30(44)37-23-15-25(31(33,34)35)29(32)28(16-23)42-7-5-40(2)6-8-42/h3-4,13-19H,5-12H2,1-2H3,(H,37,44). The van der Waals surface area contributed by atoms with Crippen LogP contribution in [0.3, 0.4) is 0 Å². The quantitative estimate of drug-likeness (QED) is 0.311. The minimum atomic E-state index is -4.94. The number of alkyl halides is 3. The minimum Gasteiger partial charge on any atom is -0.378 e. The molecule has 0 saturated carbocycles. The number of hydrogen-bond acceptors (Lipinski definition) is 8. The molecule has 0 aliphatic carbocycles. The zero-order valence-corrected chi connectivity index (χ0v) is 24.8. The number of benzene rings is 2. The van der Waals surface area contributed by atoms with E-state index in [0.717, 1.165) is 29.9 Å². The van der Waals surface area contributed by atoms with Crippen LogP contribution >= 0.6 is 0 Å². The predicted molar refractivity (Wildman–Crippen MR) is 161 cm³/mol. The van der Waals surface area contributed by atoms with Gasteiger partial charge in [0, 0.05) is 62.3 Å². The summed E-state index contributed by atoms with van der Waals surface area (Å²) >= 11 is 0. The number of nitrogens with zero attached hydrogens (tertiary/aromatic N) is 7. The van der Waals surface area contributed by atoms with E-state index in [2.05, 4.69) is 25.5 Å². The van der Waals surface area contributed by atoms with Gasteiger partial charge in [-0.2, -0.15) is 13.2 Å². The van der Waals surface area contributed by atoms with Gasteiger partial charge in [0.25, 0.3) is 5.91 Å². The van der Waals surface area contributed by atoms with Crippen LogP contribution in [0.25, 0.3) is 16.9 Å². The molecule has 4 aromatic rings. The maximum atomic E-state index is 15.1. The van der Waals surface area contributed by atoms with Gasteiger partial charge < -0.3 is 24.8 Å². The molecular weight excluding hydrogens is 592 g/mol. The van der Waals surface area contributed by atoms with Gasteiger partial charge in [0.15, 0.2) is 5.82 Å². The molecule has 45 heavy (non-hydrogen) atoms. The number of ether oxygens (including phenoxy) is 1. The summed E-state index contributed by atoms with van der Waals surface area (Å²) in [5, 5.41) is 11.1. The van der Waals surface area contributed by atoms with Gasteiger partial charge in [0.2, 0.25) is 0 Å². The van der Waals surface area contributed by atoms with E-state index in [9.17, 15) is 18.0 Å². The summed E-state index contributed by atoms with van der Waals surface area (Å²) in [5.41, 5.74) is 2.06. The van der Waals surface area contributed by atoms with Crippen LogP contribution in [0.2, 0.25) is 0 Å². The van der Waals surface area contributed by atoms with Crippen molar-refractivity contribution in [3.63, 3.8) is 0 Å². The lowest BCUT2D eigenvalue weighted by Crippen LogP contribution is -2.45. The van der Waals surface area contributed by atoms with Gasteiger partial charge in [0.05, 0.1) is 48.2 Å². The zero-order valence-electron chi connectivity index (χ0n) is 24.8. The minimum absolute atomic E-state index is 0.152. The summed E-state index contributed by atoms with van der Waals surface area (Å²) in [6.07, 6.45) is 0.273. The highest BCUT2D eigenvalue weighted by atomic mass is 19.4. The average Bonchev–Trinajstić information content (AvgIpc) is 3.53. The van der Waals surface area contributed by atoms with Crippen LogP contribution in [0.15, 0.2) is 55.0 Å². The van der Waals surface area contributed by atoms with Crippen molar-refractivity contribution in [2.75, 3.05) is 74.6 Å². The van der Waals surface area contributed by atoms with Gasteiger partial charge in [-0.25, -0.2) is 9.07 Å². The summed E-state index contributed by atoms with van der Waals surface area (Å²) in [5.74, 6) is -2.00. The fraction of sp³-hybridized carbons (Fsp3) is 0.355. The summed E-state index contributed by atoms with van der Waals surface area (Å²) in [6.45, 7) is 6.52. The second kappa shape index (κ2) is 12.4. The second-order valence-corrected chi connectivity index (χ2v) is 11.2. The fourth-order valence-electron chi connectivity index (χ4n) is 5.44. The van der Waals surface area contributed by atoms with E-state index in [-0.39, 0.29) is 16.9 Å². The van der Waals surface area contributed by atoms with Gasteiger partial charge in [0.1, 0.15) is 5.69 Å². The van der Waals surface area contributed by atoms with Gasteiger partial charge in [-0.3, -0.25) is 9.78 Å². The van der Waals surface area contributed by atoms with Crippen molar-refractivity contribution in [1.82, 2.24) is 24.9 Å². The molecule has 6 rings (SSSR count). The molecule has 2 aromatic carbocycles. The van der Waals surface area contributed by atoms with Crippen molar-refractivity contribution in [2.24, 2.45) is 0 Å². The molecule has 2 fully saturated rings. The molecule has 0 radical (unpaired) electrons. The molecule has 4 heterocycles. The van der Waals surface area contributed by atoms with E-state index < -0.39 is 23.5 Å². The van der Waals surface area contributed by atoms with Crippen molar-refractivity contribution in [1.29, 1.82) is 0 Å². The Morgan fingerprint density at radius 2 is 1.69 bits per heavy atom. The number of aryl methyl sites for hydroxylation is 1. The molecule has 0 bridgehead atoms. The normalized spacial score (nSPS) is 16.2. The number of nitrogens with one attached hydrogen (secondary N) is 1. The van der Waals surface area contributed by atoms with Crippen molar-refractivity contribution in [3.8, 4) is 16.9 Å². The maximum Gasteiger partial charge on any atom is 0.419 e. The molecule has 0 atom stereocenters. The first kappa shape index (κ1) is 30.5. The third kappa shape index (κ3) is 6.61. The van der Waals surface area contributed by atoms with Gasteiger partial charge >= 0.3 is 6.18 Å². The molecule has 236 valence electrons. The number of piperazine rings is 1. The fourth-order valence-corrected chi connectivity index (χ4v) is 5.44. The summed E-state index contributed by atoms with van der Waals surface area (Å²) in [7, 11) is 1.89. The number of aromatic nitrogens is 4. The molecule has 1 N–H and O–H groups in total. The maximum absolute atomic E-state index is 15.1. The van der Waals surface area contributed by atoms with Gasteiger partial charge in [-0.15, -0.1) is 5.10 Å². The highest BCUT2D eigenvalue weighted by molar-refractivity contribution is 6.05. The van der Waals surface area contributed by atoms with E-state index >= 15 is 4.39 Å². The summed E-state index contributed by atoms with van der Waals surface area (Å²) < 4.78 is 63.5. The lowest BCUT2D eigenvalue weighted by molar-refractivity contribution is -0.139. The Morgan fingerprint density at radius 3 is 2.42 bits per heavy atom. The third-order valence-electron chi connectivity index (χ3n) is 8.07. The molecule has 14 heteroatoms. The number of hydrogen-bond donors (Lipinski definition) is 1. The molecule has 10 nitrogen and oxygen atoms in total. The highest BCUT2D eigenvalue weighted by Crippen LogP contribution is 2.38. The van der Waals surface area contributed by atoms with Crippen LogP contribution in [-0.2, 0) is 10.9 Å². The highest BCUT2D eigenvalue weighted by Gasteiger charge is 2.37. The van der Waals surface area contributed by atoms with Crippen molar-refractivity contribution in [3.05, 3.63) is 77.5 Å². The predicted octanol–water partition coefficient (Wildman–Crippen LogP) is 4.64. The third-order valence-corrected chi connectivity index (χ3v) is 8.07. The average molecular weight is 625 g/mol. The molecule has 2 aliphatic heterocycles. The van der Waals surface area contributed by atoms with Crippen molar-refractivity contribution in [2.45, 2.75) is 13.1 Å². The Hall–Kier alpha value is -4.56. The van der Waals surface area contributed by atoms with Crippen LogP contribution in [0.1, 0.15) is 21.5 Å². The van der Waals surface area contributed by atoms with Crippen LogP contribution < -0.4 is 15.1 Å². The summed E-state index contributed by atoms with van der Waals surface area (Å²) in [4.78, 5) is 23.5. The molecule has 2 aliphatic rings. The van der Waals surface area contributed by atoms with Crippen LogP contribution in [0.5, 0.6) is 0 Å². The Balaban J connectivity index is 1.25. The number of anilines is 3. The first-order chi connectivity index (χ1) is 21.6. The first-order valence-electron chi connectivity index (χ1n) is 14.5. The molecular formula is C31H32F4N8O2. The molecule has 1 amide bonds. The Labute approximate surface area is 257 Å². The zero-order chi connectivity index (χ0) is 31.7. The van der Waals surface area contributed by atoms with Crippen LogP contribution in [-0.4, -0.2) is 90.3 Å². The SMILES string of the molecule is Cc1ccc(C(=O)Nc2cc(N3CCN(C)CC3)c(F)c(C(F)(F)F)c2)cc1-n1cc(-c2cncc(N3CCOCC3)c2)nn1. The number of rotatable bonds is 6. The monoisotopic (exact) mass is 624 g/mol. The molecule has 0 unspecified atom stereocenters. The number of amides is 1. The number of halogens is 4. The van der Waals surface area contributed by atoms with E-state index in [4.69, 9.17) is 4.74 Å². The number of morpholine rings is 1. The van der Waals surface area contributed by atoms with Crippen molar-refractivity contribution >= 4 is 23.0 Å². The van der Waals surface area contributed by atoms with E-state index in [1.54, 1.807) is 41.7 Å². The molecule has 2 saturated heterocycles. The topological polar surface area (TPSA) is 91.7 Å². The number of likely N-dealkylation sites (N-methyl/N-ethyl adjacent to an activating group) is 1. The Kier molecular flexibility index (Phi) is 8.42. The summed E-state index contributed by atoms with van der Waals surface area (Å²) in [6, 6.07) is 8.74. The van der Waals surface area contributed by atoms with E-state index in [0.29, 0.717) is 56.8 Å². The smallest absolute Gasteiger partial charge is 0.378 e. The van der Waals surface area contributed by atoms with E-state index in [1.807, 2.05) is 24.9 Å². The lowest BCUT2D eigenvalue weighted by atomic mass is 10.1. The molecule has 0 spiro atoms. The first-order valence-corrected chi connectivity index (χ1v) is 14.5. The lowest BCUT2D eigenvalue weighted by Gasteiger charge is -2.34. The largest absolute Gasteiger partial charge is 0.419 e. The second-order valence-electron chi connectivity index (χ2n) is 11.2. The molecule has 2 aromatic heterocycles. The van der Waals surface area contributed by atoms with Gasteiger partial charge in [-0.1, -0.05) is 11.3 Å². The van der Waals surface area contributed by atoms with Crippen molar-refractivity contribution < 1.29 is 27.1 Å². The van der Waals surface area contributed by atoms with E-state index in [1.165, 1.54) is 10.7 Å². The number of carbonyl (C=O) groups excluding carboxylic acids is 1. The van der Waals surface area contributed by atoms with Gasteiger partial charge in [-0.05, 0) is 49.9 Å². The Morgan fingerprint density at radius 1 is 0.933 bits per heavy atom. The van der Waals surface area contributed by atoms with Crippen LogP contribution in [0.4, 0.5) is 34.6 Å². The number of pyridine rings is 1.